The zero-order valence-corrected chi connectivity index (χ0v) is 16.1. The van der Waals surface area contributed by atoms with E-state index in [1.165, 1.54) is 5.56 Å². The number of aliphatic hydroxyl groups is 1. The standard InChI is InChI=1S/C22H30O3/c1-6-25-20(23)21(5)13-8-9-17(4)22(21,24)14-12-18-10-7-11-19(15-18)16(2)3/h7,10-11,15-17,24H,6,8-9,13H2,1-5H3. The summed E-state index contributed by atoms with van der Waals surface area (Å²) >= 11 is 0. The van der Waals surface area contributed by atoms with E-state index in [0.717, 1.165) is 18.4 Å². The van der Waals surface area contributed by atoms with Crippen LogP contribution in [0.1, 0.15) is 70.9 Å². The molecule has 1 aliphatic carbocycles. The minimum atomic E-state index is -1.38. The highest BCUT2D eigenvalue weighted by Gasteiger charge is 2.57. The summed E-state index contributed by atoms with van der Waals surface area (Å²) in [6.07, 6.45) is 2.34. The Hall–Kier alpha value is -1.79. The topological polar surface area (TPSA) is 46.5 Å². The third-order valence-electron chi connectivity index (χ3n) is 5.54. The molecular weight excluding hydrogens is 312 g/mol. The Bertz CT molecular complexity index is 682. The lowest BCUT2D eigenvalue weighted by atomic mass is 9.60. The number of rotatable bonds is 3. The highest BCUT2D eigenvalue weighted by atomic mass is 16.5. The molecule has 1 N–H and O–H groups in total. The van der Waals surface area contributed by atoms with Gasteiger partial charge in [-0.05, 0) is 56.2 Å². The molecule has 1 aromatic carbocycles. The molecule has 0 spiro atoms. The number of carbonyl (C=O) groups is 1. The van der Waals surface area contributed by atoms with Gasteiger partial charge in [0.1, 0.15) is 11.0 Å². The van der Waals surface area contributed by atoms with Crippen molar-refractivity contribution in [3.63, 3.8) is 0 Å². The smallest absolute Gasteiger partial charge is 0.315 e. The predicted molar refractivity (Wildman–Crippen MR) is 100 cm³/mol. The molecule has 2 rings (SSSR count). The van der Waals surface area contributed by atoms with E-state index in [2.05, 4.69) is 37.8 Å². The van der Waals surface area contributed by atoms with Gasteiger partial charge in [0.2, 0.25) is 0 Å². The number of benzene rings is 1. The van der Waals surface area contributed by atoms with Crippen molar-refractivity contribution in [2.75, 3.05) is 6.61 Å². The van der Waals surface area contributed by atoms with Gasteiger partial charge in [-0.15, -0.1) is 0 Å². The molecule has 0 amide bonds. The fraction of sp³-hybridized carbons (Fsp3) is 0.591. The highest BCUT2D eigenvalue weighted by molar-refractivity contribution is 5.79. The van der Waals surface area contributed by atoms with E-state index >= 15 is 0 Å². The van der Waals surface area contributed by atoms with Gasteiger partial charge in [0.15, 0.2) is 0 Å². The van der Waals surface area contributed by atoms with E-state index in [1.54, 1.807) is 13.8 Å². The summed E-state index contributed by atoms with van der Waals surface area (Å²) in [5.41, 5.74) is -0.304. The quantitative estimate of drug-likeness (QED) is 0.659. The summed E-state index contributed by atoms with van der Waals surface area (Å²) < 4.78 is 5.26. The van der Waals surface area contributed by atoms with Crippen molar-refractivity contribution in [2.24, 2.45) is 11.3 Å². The van der Waals surface area contributed by atoms with Crippen molar-refractivity contribution in [1.29, 1.82) is 0 Å². The summed E-state index contributed by atoms with van der Waals surface area (Å²) in [6.45, 7) is 10.1. The van der Waals surface area contributed by atoms with Gasteiger partial charge in [0, 0.05) is 5.56 Å². The van der Waals surface area contributed by atoms with Crippen LogP contribution in [0.25, 0.3) is 0 Å². The predicted octanol–water partition coefficient (Wildman–Crippen LogP) is 4.28. The number of hydrogen-bond donors (Lipinski definition) is 1. The van der Waals surface area contributed by atoms with Crippen LogP contribution >= 0.6 is 0 Å². The average Bonchev–Trinajstić information content (AvgIpc) is 2.58. The van der Waals surface area contributed by atoms with Crippen molar-refractivity contribution in [2.45, 2.75) is 65.4 Å². The van der Waals surface area contributed by atoms with Gasteiger partial charge in [0.05, 0.1) is 6.61 Å². The van der Waals surface area contributed by atoms with Gasteiger partial charge >= 0.3 is 5.97 Å². The van der Waals surface area contributed by atoms with Crippen molar-refractivity contribution in [3.05, 3.63) is 35.4 Å². The molecule has 0 aliphatic heterocycles. The second kappa shape index (κ2) is 7.62. The lowest BCUT2D eigenvalue weighted by molar-refractivity contribution is -0.177. The Morgan fingerprint density at radius 2 is 2.16 bits per heavy atom. The van der Waals surface area contributed by atoms with E-state index in [4.69, 9.17) is 4.74 Å². The molecule has 0 radical (unpaired) electrons. The van der Waals surface area contributed by atoms with E-state index < -0.39 is 11.0 Å². The van der Waals surface area contributed by atoms with E-state index in [9.17, 15) is 9.90 Å². The van der Waals surface area contributed by atoms with E-state index in [-0.39, 0.29) is 11.9 Å². The molecule has 1 aliphatic rings. The normalized spacial score (nSPS) is 29.0. The third-order valence-corrected chi connectivity index (χ3v) is 5.54. The van der Waals surface area contributed by atoms with Gasteiger partial charge in [-0.2, -0.15) is 0 Å². The third kappa shape index (κ3) is 3.75. The molecule has 3 heteroatoms. The number of carbonyl (C=O) groups excluding carboxylic acids is 1. The lowest BCUT2D eigenvalue weighted by Crippen LogP contribution is -2.57. The number of esters is 1. The molecule has 1 aromatic rings. The molecule has 1 fully saturated rings. The first-order chi connectivity index (χ1) is 11.7. The van der Waals surface area contributed by atoms with Crippen molar-refractivity contribution >= 4 is 5.97 Å². The van der Waals surface area contributed by atoms with Crippen LogP contribution in [0.3, 0.4) is 0 Å². The maximum Gasteiger partial charge on any atom is 0.315 e. The lowest BCUT2D eigenvalue weighted by Gasteiger charge is -2.47. The molecule has 136 valence electrons. The van der Waals surface area contributed by atoms with Crippen LogP contribution in [0.4, 0.5) is 0 Å². The summed E-state index contributed by atoms with van der Waals surface area (Å²) in [5, 5.41) is 11.4. The zero-order valence-electron chi connectivity index (χ0n) is 16.1. The maximum absolute atomic E-state index is 12.6. The Kier molecular flexibility index (Phi) is 5.95. The first-order valence-electron chi connectivity index (χ1n) is 9.27. The van der Waals surface area contributed by atoms with Crippen LogP contribution in [0, 0.1) is 23.2 Å². The largest absolute Gasteiger partial charge is 0.465 e. The maximum atomic E-state index is 12.6. The fourth-order valence-electron chi connectivity index (χ4n) is 3.66. The first-order valence-corrected chi connectivity index (χ1v) is 9.27. The highest BCUT2D eigenvalue weighted by Crippen LogP contribution is 2.48. The Morgan fingerprint density at radius 1 is 1.44 bits per heavy atom. The van der Waals surface area contributed by atoms with E-state index in [1.807, 2.05) is 19.1 Å². The molecular formula is C22H30O3. The van der Waals surface area contributed by atoms with Gasteiger partial charge < -0.3 is 9.84 Å². The molecule has 3 atom stereocenters. The van der Waals surface area contributed by atoms with Crippen LogP contribution in [0.5, 0.6) is 0 Å². The van der Waals surface area contributed by atoms with Crippen LogP contribution in [0.15, 0.2) is 24.3 Å². The minimum absolute atomic E-state index is 0.0866. The number of hydrogen-bond acceptors (Lipinski definition) is 3. The summed E-state index contributed by atoms with van der Waals surface area (Å²) in [5.74, 6) is 6.17. The Labute approximate surface area is 151 Å². The van der Waals surface area contributed by atoms with Crippen LogP contribution in [-0.4, -0.2) is 23.3 Å². The van der Waals surface area contributed by atoms with Crippen molar-refractivity contribution in [3.8, 4) is 11.8 Å². The summed E-state index contributed by atoms with van der Waals surface area (Å²) in [7, 11) is 0. The van der Waals surface area contributed by atoms with Crippen molar-refractivity contribution in [1.82, 2.24) is 0 Å². The second-order valence-electron chi connectivity index (χ2n) is 7.64. The second-order valence-corrected chi connectivity index (χ2v) is 7.64. The molecule has 0 heterocycles. The van der Waals surface area contributed by atoms with Gasteiger partial charge in [-0.25, -0.2) is 0 Å². The zero-order chi connectivity index (χ0) is 18.7. The molecule has 3 unspecified atom stereocenters. The molecule has 3 nitrogen and oxygen atoms in total. The number of ether oxygens (including phenoxy) is 1. The summed E-state index contributed by atoms with van der Waals surface area (Å²) in [6, 6.07) is 8.06. The fourth-order valence-corrected chi connectivity index (χ4v) is 3.66. The van der Waals surface area contributed by atoms with Crippen LogP contribution in [0.2, 0.25) is 0 Å². The Morgan fingerprint density at radius 3 is 2.80 bits per heavy atom. The van der Waals surface area contributed by atoms with Gasteiger partial charge in [0.25, 0.3) is 0 Å². The van der Waals surface area contributed by atoms with E-state index in [0.29, 0.717) is 18.9 Å². The SMILES string of the molecule is CCOC(=O)C1(C)CCCC(C)C1(O)C#Cc1cccc(C(C)C)c1. The molecule has 0 saturated heterocycles. The Balaban J connectivity index is 2.42. The average molecular weight is 342 g/mol. The van der Waals surface area contributed by atoms with Crippen LogP contribution in [-0.2, 0) is 9.53 Å². The molecule has 0 aromatic heterocycles. The first kappa shape index (κ1) is 19.5. The van der Waals surface area contributed by atoms with Crippen LogP contribution < -0.4 is 0 Å². The minimum Gasteiger partial charge on any atom is -0.465 e. The monoisotopic (exact) mass is 342 g/mol. The molecule has 25 heavy (non-hydrogen) atoms. The molecule has 0 bridgehead atoms. The van der Waals surface area contributed by atoms with Gasteiger partial charge in [-0.3, -0.25) is 4.79 Å². The van der Waals surface area contributed by atoms with Crippen molar-refractivity contribution < 1.29 is 14.6 Å². The summed E-state index contributed by atoms with van der Waals surface area (Å²) in [4.78, 5) is 12.6. The molecule has 1 saturated carbocycles. The van der Waals surface area contributed by atoms with Gasteiger partial charge in [-0.1, -0.05) is 51.2 Å².